The van der Waals surface area contributed by atoms with Crippen LogP contribution in [-0.4, -0.2) is 26.7 Å². The van der Waals surface area contributed by atoms with Crippen LogP contribution in [-0.2, 0) is 7.05 Å². The van der Waals surface area contributed by atoms with Crippen molar-refractivity contribution < 1.29 is 0 Å². The first kappa shape index (κ1) is 9.92. The lowest BCUT2D eigenvalue weighted by atomic mass is 10.3. The van der Waals surface area contributed by atoms with Gasteiger partial charge in [0.2, 0.25) is 0 Å². The van der Waals surface area contributed by atoms with E-state index in [4.69, 9.17) is 17.3 Å². The van der Waals surface area contributed by atoms with E-state index in [1.807, 2.05) is 18.2 Å². The summed E-state index contributed by atoms with van der Waals surface area (Å²) in [5.41, 5.74) is 7.90. The topological polar surface area (TPSA) is 69.1 Å². The molecule has 0 radical (unpaired) electrons. The molecule has 0 saturated carbocycles. The van der Waals surface area contributed by atoms with Gasteiger partial charge >= 0.3 is 0 Å². The molecule has 0 fully saturated rings. The number of aromatic nitrogens is 3. The van der Waals surface area contributed by atoms with Gasteiger partial charge in [0.25, 0.3) is 0 Å². The summed E-state index contributed by atoms with van der Waals surface area (Å²) < 4.78 is 0. The number of aryl methyl sites for hydroxylation is 1. The zero-order valence-electron chi connectivity index (χ0n) is 8.18. The molecular formula is C9H10ClN5. The number of nitrogens with zero attached hydrogens (tertiary/aromatic N) is 4. The van der Waals surface area contributed by atoms with Gasteiger partial charge in [-0.2, -0.15) is 15.0 Å². The van der Waals surface area contributed by atoms with Crippen LogP contribution in [0.15, 0.2) is 23.2 Å². The van der Waals surface area contributed by atoms with Crippen molar-refractivity contribution in [2.45, 2.75) is 0 Å². The standard InChI is InChI=1S/C9H10ClN5/c1-15-13-7-3-2-6(4-8(7)14-15)12-9(11)5-10/h2-4H,5H2,1H3,(H2,11,12). The summed E-state index contributed by atoms with van der Waals surface area (Å²) in [6, 6.07) is 5.50. The van der Waals surface area contributed by atoms with Crippen LogP contribution in [0, 0.1) is 0 Å². The summed E-state index contributed by atoms with van der Waals surface area (Å²) in [4.78, 5) is 5.64. The number of amidine groups is 1. The molecular weight excluding hydrogens is 214 g/mol. The van der Waals surface area contributed by atoms with E-state index >= 15 is 0 Å². The van der Waals surface area contributed by atoms with Gasteiger partial charge in [-0.25, -0.2) is 4.99 Å². The molecule has 0 amide bonds. The van der Waals surface area contributed by atoms with E-state index < -0.39 is 0 Å². The second-order valence-electron chi connectivity index (χ2n) is 3.10. The van der Waals surface area contributed by atoms with Gasteiger partial charge < -0.3 is 5.73 Å². The largest absolute Gasteiger partial charge is 0.386 e. The maximum absolute atomic E-state index is 5.54. The Hall–Kier alpha value is -1.62. The maximum atomic E-state index is 5.54. The second-order valence-corrected chi connectivity index (χ2v) is 3.37. The number of fused-ring (bicyclic) bond motifs is 1. The third kappa shape index (κ3) is 2.07. The van der Waals surface area contributed by atoms with Crippen LogP contribution in [0.1, 0.15) is 0 Å². The van der Waals surface area contributed by atoms with Gasteiger partial charge in [-0.15, -0.1) is 11.6 Å². The number of hydrogen-bond acceptors (Lipinski definition) is 3. The Morgan fingerprint density at radius 2 is 2.20 bits per heavy atom. The molecule has 0 unspecified atom stereocenters. The predicted molar refractivity (Wildman–Crippen MR) is 60.5 cm³/mol. The Balaban J connectivity index is 2.46. The van der Waals surface area contributed by atoms with E-state index in [2.05, 4.69) is 15.2 Å². The number of aliphatic imine (C=N–C) groups is 1. The molecule has 0 aliphatic carbocycles. The van der Waals surface area contributed by atoms with Crippen molar-refractivity contribution in [1.29, 1.82) is 0 Å². The van der Waals surface area contributed by atoms with Gasteiger partial charge in [0.05, 0.1) is 11.6 Å². The molecule has 15 heavy (non-hydrogen) atoms. The van der Waals surface area contributed by atoms with Gasteiger partial charge in [0, 0.05) is 7.05 Å². The molecule has 0 saturated heterocycles. The van der Waals surface area contributed by atoms with E-state index in [0.29, 0.717) is 5.84 Å². The molecule has 2 N–H and O–H groups in total. The van der Waals surface area contributed by atoms with Crippen LogP contribution < -0.4 is 5.73 Å². The molecule has 2 rings (SSSR count). The van der Waals surface area contributed by atoms with Crippen LogP contribution in [0.4, 0.5) is 5.69 Å². The smallest absolute Gasteiger partial charge is 0.115 e. The molecule has 0 aliphatic rings. The Kier molecular flexibility index (Phi) is 2.55. The molecule has 6 heteroatoms. The van der Waals surface area contributed by atoms with Crippen molar-refractivity contribution in [2.24, 2.45) is 17.8 Å². The maximum Gasteiger partial charge on any atom is 0.115 e. The average molecular weight is 224 g/mol. The van der Waals surface area contributed by atoms with Gasteiger partial charge in [-0.3, -0.25) is 0 Å². The molecule has 78 valence electrons. The van der Waals surface area contributed by atoms with Gasteiger partial charge in [0.1, 0.15) is 16.9 Å². The van der Waals surface area contributed by atoms with Crippen LogP contribution in [0.5, 0.6) is 0 Å². The first-order valence-electron chi connectivity index (χ1n) is 4.39. The molecule has 0 bridgehead atoms. The van der Waals surface area contributed by atoms with Gasteiger partial charge in [0.15, 0.2) is 0 Å². The van der Waals surface area contributed by atoms with Crippen molar-refractivity contribution >= 4 is 34.2 Å². The minimum absolute atomic E-state index is 0.221. The third-order valence-corrected chi connectivity index (χ3v) is 2.15. The highest BCUT2D eigenvalue weighted by Crippen LogP contribution is 2.17. The lowest BCUT2D eigenvalue weighted by Gasteiger charge is -1.95. The summed E-state index contributed by atoms with van der Waals surface area (Å²) >= 11 is 5.54. The first-order chi connectivity index (χ1) is 7.19. The minimum atomic E-state index is 0.221. The highest BCUT2D eigenvalue weighted by Gasteiger charge is 2.01. The summed E-state index contributed by atoms with van der Waals surface area (Å²) in [6.45, 7) is 0. The molecule has 0 atom stereocenters. The molecule has 2 aromatic rings. The van der Waals surface area contributed by atoms with Crippen LogP contribution in [0.3, 0.4) is 0 Å². The number of benzene rings is 1. The summed E-state index contributed by atoms with van der Waals surface area (Å²) in [5, 5.41) is 8.32. The average Bonchev–Trinajstić information content (AvgIpc) is 2.57. The van der Waals surface area contributed by atoms with Crippen LogP contribution in [0.2, 0.25) is 0 Å². The lowest BCUT2D eigenvalue weighted by Crippen LogP contribution is -2.12. The zero-order valence-corrected chi connectivity index (χ0v) is 8.94. The quantitative estimate of drug-likeness (QED) is 0.473. The molecule has 1 aromatic carbocycles. The van der Waals surface area contributed by atoms with E-state index in [1.54, 1.807) is 7.05 Å². The third-order valence-electron chi connectivity index (χ3n) is 1.87. The molecule has 0 aliphatic heterocycles. The molecule has 1 heterocycles. The summed E-state index contributed by atoms with van der Waals surface area (Å²) in [5.74, 6) is 0.610. The SMILES string of the molecule is Cn1nc2ccc(N=C(N)CCl)cc2n1. The van der Waals surface area contributed by atoms with Crippen molar-refractivity contribution in [3.05, 3.63) is 18.2 Å². The minimum Gasteiger partial charge on any atom is -0.386 e. The van der Waals surface area contributed by atoms with Crippen LogP contribution >= 0.6 is 11.6 Å². The number of nitrogens with two attached hydrogens (primary N) is 1. The van der Waals surface area contributed by atoms with Gasteiger partial charge in [-0.05, 0) is 18.2 Å². The Bertz CT molecular complexity index is 516. The van der Waals surface area contributed by atoms with Gasteiger partial charge in [-0.1, -0.05) is 0 Å². The van der Waals surface area contributed by atoms with Crippen molar-refractivity contribution in [3.63, 3.8) is 0 Å². The van der Waals surface area contributed by atoms with E-state index in [1.165, 1.54) is 4.80 Å². The lowest BCUT2D eigenvalue weighted by molar-refractivity contribution is 0.665. The van der Waals surface area contributed by atoms with Crippen molar-refractivity contribution in [1.82, 2.24) is 15.0 Å². The van der Waals surface area contributed by atoms with Crippen molar-refractivity contribution in [3.8, 4) is 0 Å². The van der Waals surface area contributed by atoms with E-state index in [0.717, 1.165) is 16.7 Å². The zero-order chi connectivity index (χ0) is 10.8. The van der Waals surface area contributed by atoms with Crippen molar-refractivity contribution in [2.75, 3.05) is 5.88 Å². The second kappa shape index (κ2) is 3.86. The molecule has 0 spiro atoms. The highest BCUT2D eigenvalue weighted by atomic mass is 35.5. The van der Waals surface area contributed by atoms with Crippen LogP contribution in [0.25, 0.3) is 11.0 Å². The Morgan fingerprint density at radius 3 is 2.93 bits per heavy atom. The summed E-state index contributed by atoms with van der Waals surface area (Å²) in [7, 11) is 1.77. The highest BCUT2D eigenvalue weighted by molar-refractivity contribution is 6.28. The molecule has 1 aromatic heterocycles. The van der Waals surface area contributed by atoms with E-state index in [9.17, 15) is 0 Å². The number of halogens is 1. The van der Waals surface area contributed by atoms with E-state index in [-0.39, 0.29) is 5.88 Å². The molecule has 5 nitrogen and oxygen atoms in total. The number of hydrogen-bond donors (Lipinski definition) is 1. The normalized spacial score (nSPS) is 12.3. The monoisotopic (exact) mass is 223 g/mol. The number of rotatable bonds is 2. The fourth-order valence-corrected chi connectivity index (χ4v) is 1.34. The summed E-state index contributed by atoms with van der Waals surface area (Å²) in [6.07, 6.45) is 0. The fraction of sp³-hybridized carbons (Fsp3) is 0.222. The fourth-order valence-electron chi connectivity index (χ4n) is 1.28. The Labute approximate surface area is 91.5 Å². The predicted octanol–water partition coefficient (Wildman–Crippen LogP) is 1.20. The number of alkyl halides is 1. The first-order valence-corrected chi connectivity index (χ1v) is 4.92. The Morgan fingerprint density at radius 1 is 1.47 bits per heavy atom.